The van der Waals surface area contributed by atoms with E-state index in [0.717, 1.165) is 28.8 Å². The molecule has 136 valence electrons. The molecular weight excluding hydrogens is 331 g/mol. The largest absolute Gasteiger partial charge is 0.444 e. The number of carbonyl (C=O) groups excluding carboxylic acids is 1. The minimum atomic E-state index is -0.494. The van der Waals surface area contributed by atoms with E-state index in [1.165, 1.54) is 12.1 Å². The van der Waals surface area contributed by atoms with E-state index in [2.05, 4.69) is 4.98 Å². The second-order valence-electron chi connectivity index (χ2n) is 7.34. The highest BCUT2D eigenvalue weighted by Crippen LogP contribution is 2.26. The number of halogens is 1. The molecule has 26 heavy (non-hydrogen) atoms. The van der Waals surface area contributed by atoms with Gasteiger partial charge in [0.1, 0.15) is 11.4 Å². The van der Waals surface area contributed by atoms with Gasteiger partial charge in [-0.05, 0) is 68.2 Å². The fourth-order valence-electron chi connectivity index (χ4n) is 2.82. The first-order valence-electron chi connectivity index (χ1n) is 8.71. The predicted octanol–water partition coefficient (Wildman–Crippen LogP) is 4.91. The SMILES string of the molecule is CC(C)(C)OC(=O)N1CC=C(c2cc(-c3ccc(F)cc3)ccn2)CC1. The van der Waals surface area contributed by atoms with Gasteiger partial charge >= 0.3 is 6.09 Å². The Balaban J connectivity index is 1.73. The minimum absolute atomic E-state index is 0.250. The lowest BCUT2D eigenvalue weighted by Crippen LogP contribution is -2.39. The molecule has 0 unspecified atom stereocenters. The molecule has 0 radical (unpaired) electrons. The third kappa shape index (κ3) is 4.48. The maximum absolute atomic E-state index is 13.1. The molecule has 0 saturated heterocycles. The van der Waals surface area contributed by atoms with Crippen LogP contribution in [0.5, 0.6) is 0 Å². The van der Waals surface area contributed by atoms with Gasteiger partial charge in [-0.2, -0.15) is 0 Å². The van der Waals surface area contributed by atoms with Gasteiger partial charge in [0, 0.05) is 19.3 Å². The van der Waals surface area contributed by atoms with Crippen molar-refractivity contribution in [2.24, 2.45) is 0 Å². The zero-order chi connectivity index (χ0) is 18.7. The first kappa shape index (κ1) is 18.1. The van der Waals surface area contributed by atoms with Crippen molar-refractivity contribution < 1.29 is 13.9 Å². The zero-order valence-corrected chi connectivity index (χ0v) is 15.3. The highest BCUT2D eigenvalue weighted by Gasteiger charge is 2.24. The molecule has 0 spiro atoms. The van der Waals surface area contributed by atoms with Crippen molar-refractivity contribution in [2.45, 2.75) is 32.8 Å². The minimum Gasteiger partial charge on any atom is -0.444 e. The summed E-state index contributed by atoms with van der Waals surface area (Å²) in [5.41, 5.74) is 3.43. The normalized spacial score (nSPS) is 14.8. The molecular formula is C21H23FN2O2. The molecule has 0 aliphatic carbocycles. The van der Waals surface area contributed by atoms with Crippen molar-refractivity contribution in [3.05, 3.63) is 60.2 Å². The van der Waals surface area contributed by atoms with E-state index in [1.54, 1.807) is 23.2 Å². The van der Waals surface area contributed by atoms with Gasteiger partial charge in [-0.25, -0.2) is 9.18 Å². The number of aromatic nitrogens is 1. The van der Waals surface area contributed by atoms with Gasteiger partial charge in [-0.1, -0.05) is 18.2 Å². The molecule has 1 aliphatic heterocycles. The number of nitrogens with zero attached hydrogens (tertiary/aromatic N) is 2. The van der Waals surface area contributed by atoms with Crippen LogP contribution in [0.3, 0.4) is 0 Å². The van der Waals surface area contributed by atoms with E-state index in [-0.39, 0.29) is 11.9 Å². The van der Waals surface area contributed by atoms with Gasteiger partial charge in [0.25, 0.3) is 0 Å². The Kier molecular flexibility index (Phi) is 5.07. The smallest absolute Gasteiger partial charge is 0.410 e. The first-order valence-corrected chi connectivity index (χ1v) is 8.71. The van der Waals surface area contributed by atoms with Crippen LogP contribution in [-0.2, 0) is 4.74 Å². The number of hydrogen-bond acceptors (Lipinski definition) is 3. The summed E-state index contributed by atoms with van der Waals surface area (Å²) in [6.45, 7) is 6.69. The number of hydrogen-bond donors (Lipinski definition) is 0. The summed E-state index contributed by atoms with van der Waals surface area (Å²) in [5, 5.41) is 0. The lowest BCUT2D eigenvalue weighted by Gasteiger charge is -2.29. The molecule has 4 nitrogen and oxygen atoms in total. The Bertz CT molecular complexity index is 823. The van der Waals surface area contributed by atoms with Crippen LogP contribution in [-0.4, -0.2) is 34.7 Å². The molecule has 5 heteroatoms. The Morgan fingerprint density at radius 2 is 1.88 bits per heavy atom. The monoisotopic (exact) mass is 354 g/mol. The summed E-state index contributed by atoms with van der Waals surface area (Å²) in [7, 11) is 0. The average molecular weight is 354 g/mol. The topological polar surface area (TPSA) is 42.4 Å². The van der Waals surface area contributed by atoms with E-state index in [9.17, 15) is 9.18 Å². The van der Waals surface area contributed by atoms with E-state index in [4.69, 9.17) is 4.74 Å². The Morgan fingerprint density at radius 1 is 1.15 bits per heavy atom. The summed E-state index contributed by atoms with van der Waals surface area (Å²) in [6.07, 6.45) is 4.21. The number of rotatable bonds is 2. The maximum atomic E-state index is 13.1. The average Bonchev–Trinajstić information content (AvgIpc) is 2.61. The van der Waals surface area contributed by atoms with Gasteiger partial charge in [-0.15, -0.1) is 0 Å². The first-order chi connectivity index (χ1) is 12.3. The highest BCUT2D eigenvalue weighted by molar-refractivity contribution is 5.74. The third-order valence-electron chi connectivity index (χ3n) is 4.13. The second-order valence-corrected chi connectivity index (χ2v) is 7.34. The number of amides is 1. The molecule has 1 amide bonds. The van der Waals surface area contributed by atoms with Crippen LogP contribution < -0.4 is 0 Å². The molecule has 0 atom stereocenters. The quantitative estimate of drug-likeness (QED) is 0.769. The van der Waals surface area contributed by atoms with Crippen molar-refractivity contribution >= 4 is 11.7 Å². The molecule has 2 heterocycles. The summed E-state index contributed by atoms with van der Waals surface area (Å²) >= 11 is 0. The van der Waals surface area contributed by atoms with E-state index in [1.807, 2.05) is 39.0 Å². The van der Waals surface area contributed by atoms with Crippen molar-refractivity contribution in [2.75, 3.05) is 13.1 Å². The van der Waals surface area contributed by atoms with Gasteiger partial charge in [-0.3, -0.25) is 4.98 Å². The van der Waals surface area contributed by atoms with Crippen LogP contribution in [0.15, 0.2) is 48.7 Å². The van der Waals surface area contributed by atoms with Gasteiger partial charge < -0.3 is 9.64 Å². The van der Waals surface area contributed by atoms with Crippen LogP contribution in [0.2, 0.25) is 0 Å². The summed E-state index contributed by atoms with van der Waals surface area (Å²) in [6, 6.07) is 10.3. The van der Waals surface area contributed by atoms with Crippen LogP contribution in [0.25, 0.3) is 16.7 Å². The van der Waals surface area contributed by atoms with Crippen LogP contribution in [0, 0.1) is 5.82 Å². The van der Waals surface area contributed by atoms with Gasteiger partial charge in [0.2, 0.25) is 0 Å². The highest BCUT2D eigenvalue weighted by atomic mass is 19.1. The molecule has 0 bridgehead atoms. The molecule has 1 aliphatic rings. The van der Waals surface area contributed by atoms with Crippen molar-refractivity contribution in [3.8, 4) is 11.1 Å². The van der Waals surface area contributed by atoms with Crippen molar-refractivity contribution in [1.29, 1.82) is 0 Å². The number of pyridine rings is 1. The van der Waals surface area contributed by atoms with E-state index >= 15 is 0 Å². The number of benzene rings is 1. The summed E-state index contributed by atoms with van der Waals surface area (Å²) in [5.74, 6) is -0.250. The molecule has 0 fully saturated rings. The predicted molar refractivity (Wildman–Crippen MR) is 100 cm³/mol. The Morgan fingerprint density at radius 3 is 2.50 bits per heavy atom. The van der Waals surface area contributed by atoms with E-state index in [0.29, 0.717) is 13.1 Å². The van der Waals surface area contributed by atoms with Crippen molar-refractivity contribution in [1.82, 2.24) is 9.88 Å². The van der Waals surface area contributed by atoms with Crippen molar-refractivity contribution in [3.63, 3.8) is 0 Å². The molecule has 1 aromatic heterocycles. The summed E-state index contributed by atoms with van der Waals surface area (Å²) in [4.78, 5) is 18.3. The molecule has 2 aromatic rings. The molecule has 1 aromatic carbocycles. The molecule has 0 N–H and O–H groups in total. The summed E-state index contributed by atoms with van der Waals surface area (Å²) < 4.78 is 18.5. The third-order valence-corrected chi connectivity index (χ3v) is 4.13. The molecule has 3 rings (SSSR count). The lowest BCUT2D eigenvalue weighted by molar-refractivity contribution is 0.0270. The van der Waals surface area contributed by atoms with Crippen LogP contribution in [0.4, 0.5) is 9.18 Å². The maximum Gasteiger partial charge on any atom is 0.410 e. The Hall–Kier alpha value is -2.69. The fourth-order valence-corrected chi connectivity index (χ4v) is 2.82. The standard InChI is InChI=1S/C21H23FN2O2/c1-21(2,3)26-20(25)24-12-9-16(10-13-24)19-14-17(8-11-23-19)15-4-6-18(22)7-5-15/h4-9,11,14H,10,12-13H2,1-3H3. The second kappa shape index (κ2) is 7.28. The van der Waals surface area contributed by atoms with Gasteiger partial charge in [0.15, 0.2) is 0 Å². The fraction of sp³-hybridized carbons (Fsp3) is 0.333. The van der Waals surface area contributed by atoms with Gasteiger partial charge in [0.05, 0.1) is 5.69 Å². The van der Waals surface area contributed by atoms with E-state index < -0.39 is 5.60 Å². The van der Waals surface area contributed by atoms with Crippen LogP contribution in [0.1, 0.15) is 32.9 Å². The zero-order valence-electron chi connectivity index (χ0n) is 15.3. The number of carbonyl (C=O) groups is 1. The lowest BCUT2D eigenvalue weighted by atomic mass is 10.0. The molecule has 0 saturated carbocycles. The Labute approximate surface area is 153 Å². The number of ether oxygens (including phenoxy) is 1. The van der Waals surface area contributed by atoms with Crippen LogP contribution >= 0.6 is 0 Å².